The molecule has 0 saturated carbocycles. The maximum atomic E-state index is 10.8. The fraction of sp³-hybridized carbons (Fsp3) is 0.333. The van der Waals surface area contributed by atoms with Crippen molar-refractivity contribution in [2.24, 2.45) is 0 Å². The first-order chi connectivity index (χ1) is 7.09. The summed E-state index contributed by atoms with van der Waals surface area (Å²) >= 11 is 5.70. The Morgan fingerprint density at radius 2 is 2.33 bits per heavy atom. The van der Waals surface area contributed by atoms with Crippen LogP contribution >= 0.6 is 11.6 Å². The molecule has 15 heavy (non-hydrogen) atoms. The van der Waals surface area contributed by atoms with Crippen molar-refractivity contribution in [2.75, 3.05) is 6.54 Å². The Morgan fingerprint density at radius 3 is 3.00 bits per heavy atom. The Labute approximate surface area is 90.9 Å². The number of fused-ring (bicyclic) bond motifs is 1. The minimum atomic E-state index is -1.14. The van der Waals surface area contributed by atoms with Crippen molar-refractivity contribution in [1.29, 1.82) is 0 Å². The molecular weight excluding hydrogens is 220 g/mol. The summed E-state index contributed by atoms with van der Waals surface area (Å²) < 4.78 is 0. The summed E-state index contributed by atoms with van der Waals surface area (Å²) in [5.41, 5.74) is 1.17. The number of rotatable bonds is 0. The van der Waals surface area contributed by atoms with Gasteiger partial charge in [0.1, 0.15) is 5.15 Å². The van der Waals surface area contributed by atoms with Crippen molar-refractivity contribution in [2.45, 2.75) is 12.6 Å². The van der Waals surface area contributed by atoms with E-state index in [9.17, 15) is 9.90 Å². The van der Waals surface area contributed by atoms with E-state index in [0.717, 1.165) is 4.90 Å². The Balaban J connectivity index is 2.38. The quantitative estimate of drug-likeness (QED) is 0.656. The molecule has 5 nitrogen and oxygen atoms in total. The van der Waals surface area contributed by atoms with E-state index in [1.165, 1.54) is 6.07 Å². The third-order valence-electron chi connectivity index (χ3n) is 2.38. The molecule has 0 radical (unpaired) electrons. The number of aliphatic hydroxyl groups is 1. The molecule has 0 saturated heterocycles. The second-order valence-electron chi connectivity index (χ2n) is 3.27. The summed E-state index contributed by atoms with van der Waals surface area (Å²) in [7, 11) is 0. The Kier molecular flexibility index (Phi) is 2.50. The Bertz CT molecular complexity index is 410. The highest BCUT2D eigenvalue weighted by molar-refractivity contribution is 6.29. The van der Waals surface area contributed by atoms with E-state index < -0.39 is 12.3 Å². The van der Waals surface area contributed by atoms with Crippen LogP contribution in [0.5, 0.6) is 0 Å². The summed E-state index contributed by atoms with van der Waals surface area (Å²) in [6, 6.07) is 3.14. The summed E-state index contributed by atoms with van der Waals surface area (Å²) in [6.45, 7) is 0.233. The number of carbonyl (C=O) groups is 1. The van der Waals surface area contributed by atoms with E-state index in [-0.39, 0.29) is 6.54 Å². The van der Waals surface area contributed by atoms with Crippen LogP contribution in [-0.4, -0.2) is 32.7 Å². The van der Waals surface area contributed by atoms with Gasteiger partial charge in [0.2, 0.25) is 0 Å². The van der Waals surface area contributed by atoms with Crippen LogP contribution in [0.15, 0.2) is 12.1 Å². The van der Waals surface area contributed by atoms with Gasteiger partial charge in [-0.05, 0) is 12.1 Å². The number of nitrogens with zero attached hydrogens (tertiary/aromatic N) is 2. The molecule has 2 heterocycles. The van der Waals surface area contributed by atoms with Crippen molar-refractivity contribution in [3.8, 4) is 0 Å². The van der Waals surface area contributed by atoms with Gasteiger partial charge in [0.05, 0.1) is 5.69 Å². The molecule has 1 aliphatic rings. The second-order valence-corrected chi connectivity index (χ2v) is 3.66. The zero-order valence-corrected chi connectivity index (χ0v) is 8.48. The Morgan fingerprint density at radius 1 is 1.60 bits per heavy atom. The molecule has 2 rings (SSSR count). The van der Waals surface area contributed by atoms with Gasteiger partial charge in [-0.2, -0.15) is 0 Å². The van der Waals surface area contributed by atoms with Crippen LogP contribution in [0.4, 0.5) is 4.79 Å². The predicted octanol–water partition coefficient (Wildman–Crippen LogP) is 1.26. The standard InChI is InChI=1S/C9H9ClN2O3/c10-7-2-1-5-6(11-7)3-4-12(8(5)13)9(14)15/h1-2,8,13H,3-4H2,(H,14,15). The maximum absolute atomic E-state index is 10.8. The zero-order chi connectivity index (χ0) is 11.0. The molecular formula is C9H9ClN2O3. The molecule has 0 aromatic carbocycles. The molecule has 1 amide bonds. The summed E-state index contributed by atoms with van der Waals surface area (Å²) in [4.78, 5) is 15.8. The van der Waals surface area contributed by atoms with E-state index in [4.69, 9.17) is 16.7 Å². The smallest absolute Gasteiger partial charge is 0.409 e. The minimum absolute atomic E-state index is 0.233. The molecule has 80 valence electrons. The first-order valence-electron chi connectivity index (χ1n) is 4.42. The molecule has 0 bridgehead atoms. The molecule has 0 spiro atoms. The molecule has 0 fully saturated rings. The highest BCUT2D eigenvalue weighted by atomic mass is 35.5. The number of amides is 1. The van der Waals surface area contributed by atoms with E-state index in [0.29, 0.717) is 22.8 Å². The van der Waals surface area contributed by atoms with Crippen LogP contribution in [0.3, 0.4) is 0 Å². The topological polar surface area (TPSA) is 73.7 Å². The zero-order valence-electron chi connectivity index (χ0n) is 7.72. The summed E-state index contributed by atoms with van der Waals surface area (Å²) in [5.74, 6) is 0. The highest BCUT2D eigenvalue weighted by Crippen LogP contribution is 2.27. The molecule has 2 N–H and O–H groups in total. The molecule has 0 aliphatic carbocycles. The molecule has 1 aromatic rings. The van der Waals surface area contributed by atoms with E-state index in [1.807, 2.05) is 0 Å². The lowest BCUT2D eigenvalue weighted by atomic mass is 10.0. The molecule has 6 heteroatoms. The fourth-order valence-electron chi connectivity index (χ4n) is 1.64. The van der Waals surface area contributed by atoms with Gasteiger partial charge in [-0.15, -0.1) is 0 Å². The molecule has 1 atom stereocenters. The molecule has 1 unspecified atom stereocenters. The van der Waals surface area contributed by atoms with Crippen molar-refractivity contribution >= 4 is 17.7 Å². The van der Waals surface area contributed by atoms with Gasteiger partial charge in [-0.3, -0.25) is 4.90 Å². The third-order valence-corrected chi connectivity index (χ3v) is 2.59. The SMILES string of the molecule is O=C(O)N1CCc2nc(Cl)ccc2C1O. The second kappa shape index (κ2) is 3.67. The van der Waals surface area contributed by atoms with Crippen LogP contribution in [0, 0.1) is 0 Å². The minimum Gasteiger partial charge on any atom is -0.465 e. The van der Waals surface area contributed by atoms with Gasteiger partial charge in [0, 0.05) is 18.5 Å². The van der Waals surface area contributed by atoms with Gasteiger partial charge in [-0.25, -0.2) is 9.78 Å². The normalized spacial score (nSPS) is 19.9. The van der Waals surface area contributed by atoms with Gasteiger partial charge in [0.25, 0.3) is 0 Å². The summed E-state index contributed by atoms with van der Waals surface area (Å²) in [5, 5.41) is 18.9. The first-order valence-corrected chi connectivity index (χ1v) is 4.80. The Hall–Kier alpha value is -1.33. The van der Waals surface area contributed by atoms with Crippen molar-refractivity contribution in [1.82, 2.24) is 9.88 Å². The number of aromatic nitrogens is 1. The van der Waals surface area contributed by atoms with Gasteiger partial charge >= 0.3 is 6.09 Å². The number of aliphatic hydroxyl groups excluding tert-OH is 1. The molecule has 1 aliphatic heterocycles. The van der Waals surface area contributed by atoms with Gasteiger partial charge < -0.3 is 10.2 Å². The van der Waals surface area contributed by atoms with Crippen LogP contribution in [0.1, 0.15) is 17.5 Å². The monoisotopic (exact) mass is 228 g/mol. The predicted molar refractivity (Wildman–Crippen MR) is 52.6 cm³/mol. The van der Waals surface area contributed by atoms with Crippen molar-refractivity contribution < 1.29 is 15.0 Å². The first kappa shape index (κ1) is 10.2. The average molecular weight is 229 g/mol. The van der Waals surface area contributed by atoms with Crippen LogP contribution in [0.2, 0.25) is 5.15 Å². The van der Waals surface area contributed by atoms with Gasteiger partial charge in [0.15, 0.2) is 6.23 Å². The number of pyridine rings is 1. The van der Waals surface area contributed by atoms with Crippen molar-refractivity contribution in [3.05, 3.63) is 28.5 Å². The number of hydrogen-bond donors (Lipinski definition) is 2. The van der Waals surface area contributed by atoms with Crippen molar-refractivity contribution in [3.63, 3.8) is 0 Å². The van der Waals surface area contributed by atoms with Crippen LogP contribution < -0.4 is 0 Å². The highest BCUT2D eigenvalue weighted by Gasteiger charge is 2.29. The average Bonchev–Trinajstić information content (AvgIpc) is 2.17. The summed E-state index contributed by atoms with van der Waals surface area (Å²) in [6.07, 6.45) is -1.81. The largest absolute Gasteiger partial charge is 0.465 e. The third kappa shape index (κ3) is 1.75. The number of hydrogen-bond acceptors (Lipinski definition) is 3. The fourth-order valence-corrected chi connectivity index (χ4v) is 1.80. The van der Waals surface area contributed by atoms with E-state index in [1.54, 1.807) is 6.07 Å². The number of carboxylic acid groups (broad SMARTS) is 1. The lowest BCUT2D eigenvalue weighted by Gasteiger charge is -2.30. The van der Waals surface area contributed by atoms with Crippen LogP contribution in [-0.2, 0) is 6.42 Å². The van der Waals surface area contributed by atoms with Crippen LogP contribution in [0.25, 0.3) is 0 Å². The number of halogens is 1. The van der Waals surface area contributed by atoms with E-state index in [2.05, 4.69) is 4.98 Å². The van der Waals surface area contributed by atoms with E-state index >= 15 is 0 Å². The van der Waals surface area contributed by atoms with Gasteiger partial charge in [-0.1, -0.05) is 11.6 Å². The molecule has 1 aromatic heterocycles. The lowest BCUT2D eigenvalue weighted by Crippen LogP contribution is -2.39. The lowest BCUT2D eigenvalue weighted by molar-refractivity contribution is 0.00334. The maximum Gasteiger partial charge on any atom is 0.409 e.